The largest absolute Gasteiger partial charge is 0.361 e. The first-order valence-electron chi connectivity index (χ1n) is 7.16. The van der Waals surface area contributed by atoms with Crippen LogP contribution in [0.2, 0.25) is 0 Å². The van der Waals surface area contributed by atoms with E-state index in [1.54, 1.807) is 0 Å². The normalized spacial score (nSPS) is 26.3. The molecule has 2 heteroatoms. The molecule has 0 aromatic carbocycles. The van der Waals surface area contributed by atoms with E-state index in [1.807, 2.05) is 6.92 Å². The maximum absolute atomic E-state index is 12.8. The molecule has 0 amide bonds. The number of fused-ring (bicyclic) bond motifs is 1. The molecule has 0 bridgehead atoms. The second-order valence-electron chi connectivity index (χ2n) is 6.05. The monoisotopic (exact) mass is 255 g/mol. The van der Waals surface area contributed by atoms with Gasteiger partial charge in [-0.15, -0.1) is 6.58 Å². The number of rotatable bonds is 2. The Labute approximate surface area is 115 Å². The van der Waals surface area contributed by atoms with Gasteiger partial charge in [-0.25, -0.2) is 0 Å². The van der Waals surface area contributed by atoms with Gasteiger partial charge < -0.3 is 5.32 Å². The Hall–Kier alpha value is -1.57. The van der Waals surface area contributed by atoms with Crippen LogP contribution < -0.4 is 5.32 Å². The topological polar surface area (TPSA) is 29.1 Å². The summed E-state index contributed by atoms with van der Waals surface area (Å²) in [6.45, 7) is 9.96. The Bertz CT molecular complexity index is 548. The van der Waals surface area contributed by atoms with Crippen molar-refractivity contribution in [1.29, 1.82) is 0 Å². The number of nitrogens with one attached hydrogen (secondary N) is 1. The van der Waals surface area contributed by atoms with E-state index in [2.05, 4.69) is 18.5 Å². The van der Waals surface area contributed by atoms with Gasteiger partial charge in [-0.2, -0.15) is 0 Å². The summed E-state index contributed by atoms with van der Waals surface area (Å²) in [5.41, 5.74) is 6.83. The zero-order valence-corrected chi connectivity index (χ0v) is 11.6. The predicted octanol–water partition coefficient (Wildman–Crippen LogP) is 3.78. The van der Waals surface area contributed by atoms with Crippen molar-refractivity contribution in [1.82, 2.24) is 5.32 Å². The molecule has 0 aromatic heterocycles. The second kappa shape index (κ2) is 4.52. The molecule has 1 aliphatic heterocycles. The fourth-order valence-corrected chi connectivity index (χ4v) is 3.53. The molecule has 0 aromatic rings. The molecule has 0 saturated carbocycles. The summed E-state index contributed by atoms with van der Waals surface area (Å²) in [6.07, 6.45) is 6.38. The van der Waals surface area contributed by atoms with E-state index in [1.165, 1.54) is 24.0 Å². The molecule has 1 unspecified atom stereocenters. The summed E-state index contributed by atoms with van der Waals surface area (Å²) in [6, 6.07) is 0. The van der Waals surface area contributed by atoms with Crippen molar-refractivity contribution in [3.63, 3.8) is 0 Å². The van der Waals surface area contributed by atoms with Gasteiger partial charge >= 0.3 is 0 Å². The van der Waals surface area contributed by atoms with Crippen molar-refractivity contribution < 1.29 is 4.79 Å². The van der Waals surface area contributed by atoms with Crippen LogP contribution in [0.4, 0.5) is 0 Å². The fourth-order valence-electron chi connectivity index (χ4n) is 3.53. The molecular weight excluding hydrogens is 234 g/mol. The van der Waals surface area contributed by atoms with Crippen LogP contribution in [-0.4, -0.2) is 5.78 Å². The van der Waals surface area contributed by atoms with Gasteiger partial charge in [-0.1, -0.05) is 17.7 Å². The predicted molar refractivity (Wildman–Crippen MR) is 77.3 cm³/mol. The number of carbonyl (C=O) groups excluding carboxylic acids is 1. The van der Waals surface area contributed by atoms with E-state index in [0.29, 0.717) is 6.42 Å². The summed E-state index contributed by atoms with van der Waals surface area (Å²) in [5, 5.41) is 3.40. The highest BCUT2D eigenvalue weighted by Crippen LogP contribution is 2.44. The van der Waals surface area contributed by atoms with Crippen molar-refractivity contribution in [3.05, 3.63) is 46.8 Å². The molecule has 3 rings (SSSR count). The fraction of sp³-hybridized carbons (Fsp3) is 0.471. The third kappa shape index (κ3) is 1.99. The standard InChI is InChI=1S/C17H21NO/c1-10(2)8-14-11(3)18-15-9-12-6-4-5-7-13(12)16(15)17(14)19/h14,18H,1,3-9H2,2H3. The molecule has 0 spiro atoms. The van der Waals surface area contributed by atoms with Crippen molar-refractivity contribution in [3.8, 4) is 0 Å². The number of ketones is 1. The molecule has 3 aliphatic rings. The van der Waals surface area contributed by atoms with Crippen molar-refractivity contribution in [2.24, 2.45) is 5.92 Å². The SMILES string of the molecule is C=C(C)CC1C(=C)NC2=C(C1=O)C1=C(CCCC1)C2. The van der Waals surface area contributed by atoms with E-state index < -0.39 is 0 Å². The van der Waals surface area contributed by atoms with Crippen LogP contribution in [0.3, 0.4) is 0 Å². The van der Waals surface area contributed by atoms with E-state index in [0.717, 1.165) is 41.8 Å². The van der Waals surface area contributed by atoms with Crippen LogP contribution in [0.15, 0.2) is 46.8 Å². The molecule has 2 aliphatic carbocycles. The Balaban J connectivity index is 1.95. The zero-order valence-electron chi connectivity index (χ0n) is 11.6. The first-order valence-corrected chi connectivity index (χ1v) is 7.16. The van der Waals surface area contributed by atoms with Gasteiger partial charge in [0.25, 0.3) is 0 Å². The van der Waals surface area contributed by atoms with E-state index in [-0.39, 0.29) is 11.7 Å². The number of allylic oxidation sites excluding steroid dienone is 5. The highest BCUT2D eigenvalue weighted by molar-refractivity contribution is 6.05. The number of hydrogen-bond acceptors (Lipinski definition) is 2. The Kier molecular flexibility index (Phi) is 2.96. The van der Waals surface area contributed by atoms with Gasteiger partial charge in [0.1, 0.15) is 0 Å². The van der Waals surface area contributed by atoms with Crippen molar-refractivity contribution in [2.45, 2.75) is 45.4 Å². The average Bonchev–Trinajstić information content (AvgIpc) is 2.72. The number of hydrogen-bond donors (Lipinski definition) is 1. The summed E-state index contributed by atoms with van der Waals surface area (Å²) in [4.78, 5) is 12.8. The molecule has 2 nitrogen and oxygen atoms in total. The Morgan fingerprint density at radius 3 is 2.84 bits per heavy atom. The van der Waals surface area contributed by atoms with Gasteiger partial charge in [0.05, 0.1) is 5.92 Å². The van der Waals surface area contributed by atoms with Crippen LogP contribution in [0, 0.1) is 5.92 Å². The smallest absolute Gasteiger partial charge is 0.174 e. The first kappa shape index (κ1) is 12.5. The van der Waals surface area contributed by atoms with Crippen molar-refractivity contribution >= 4 is 5.78 Å². The molecular formula is C17H21NO. The lowest BCUT2D eigenvalue weighted by molar-refractivity contribution is -0.118. The van der Waals surface area contributed by atoms with Crippen LogP contribution in [0.1, 0.15) is 45.4 Å². The van der Waals surface area contributed by atoms with Gasteiger partial charge in [0, 0.05) is 23.4 Å². The Morgan fingerprint density at radius 1 is 1.37 bits per heavy atom. The first-order chi connectivity index (χ1) is 9.08. The average molecular weight is 255 g/mol. The highest BCUT2D eigenvalue weighted by atomic mass is 16.1. The summed E-state index contributed by atoms with van der Waals surface area (Å²) < 4.78 is 0. The lowest BCUT2D eigenvalue weighted by Crippen LogP contribution is -2.33. The molecule has 0 fully saturated rings. The minimum atomic E-state index is -0.120. The second-order valence-corrected chi connectivity index (χ2v) is 6.05. The van der Waals surface area contributed by atoms with Crippen LogP contribution >= 0.6 is 0 Å². The molecule has 1 N–H and O–H groups in total. The summed E-state index contributed by atoms with van der Waals surface area (Å²) >= 11 is 0. The maximum Gasteiger partial charge on any atom is 0.174 e. The molecule has 1 heterocycles. The molecule has 0 radical (unpaired) electrons. The zero-order chi connectivity index (χ0) is 13.6. The molecule has 100 valence electrons. The molecule has 19 heavy (non-hydrogen) atoms. The number of carbonyl (C=O) groups is 1. The lowest BCUT2D eigenvalue weighted by atomic mass is 9.82. The van der Waals surface area contributed by atoms with Gasteiger partial charge in [0.15, 0.2) is 5.78 Å². The van der Waals surface area contributed by atoms with Gasteiger partial charge in [-0.3, -0.25) is 4.79 Å². The van der Waals surface area contributed by atoms with Crippen LogP contribution in [0.25, 0.3) is 0 Å². The van der Waals surface area contributed by atoms with E-state index in [9.17, 15) is 4.79 Å². The molecule has 1 atom stereocenters. The molecule has 0 saturated heterocycles. The maximum atomic E-state index is 12.8. The Morgan fingerprint density at radius 2 is 2.11 bits per heavy atom. The van der Waals surface area contributed by atoms with Gasteiger partial charge in [0.2, 0.25) is 0 Å². The lowest BCUT2D eigenvalue weighted by Gasteiger charge is -2.28. The highest BCUT2D eigenvalue weighted by Gasteiger charge is 2.38. The van der Waals surface area contributed by atoms with E-state index >= 15 is 0 Å². The van der Waals surface area contributed by atoms with Crippen molar-refractivity contribution in [2.75, 3.05) is 0 Å². The number of Topliss-reactive ketones (excluding diaryl/α,β-unsaturated/α-hetero) is 1. The minimum absolute atomic E-state index is 0.120. The van der Waals surface area contributed by atoms with Crippen LogP contribution in [0.5, 0.6) is 0 Å². The third-order valence-electron chi connectivity index (χ3n) is 4.42. The third-order valence-corrected chi connectivity index (χ3v) is 4.42. The summed E-state index contributed by atoms with van der Waals surface area (Å²) in [7, 11) is 0. The minimum Gasteiger partial charge on any atom is -0.361 e. The quantitative estimate of drug-likeness (QED) is 0.761. The van der Waals surface area contributed by atoms with Gasteiger partial charge in [-0.05, 0) is 44.6 Å². The van der Waals surface area contributed by atoms with Crippen LogP contribution in [-0.2, 0) is 4.79 Å². The summed E-state index contributed by atoms with van der Waals surface area (Å²) in [5.74, 6) is 0.152. The van der Waals surface area contributed by atoms with E-state index in [4.69, 9.17) is 0 Å².